The Bertz CT molecular complexity index is 849. The highest BCUT2D eigenvalue weighted by molar-refractivity contribution is 7.14. The van der Waals surface area contributed by atoms with Gasteiger partial charge in [-0.3, -0.25) is 9.48 Å². The van der Waals surface area contributed by atoms with E-state index in [9.17, 15) is 4.79 Å². The number of fused-ring (bicyclic) bond motifs is 1. The zero-order valence-corrected chi connectivity index (χ0v) is 13.3. The van der Waals surface area contributed by atoms with Gasteiger partial charge in [0, 0.05) is 25.0 Å². The topological polar surface area (TPSA) is 90.5 Å². The Kier molecular flexibility index (Phi) is 3.41. The molecule has 0 saturated heterocycles. The van der Waals surface area contributed by atoms with E-state index < -0.39 is 0 Å². The fourth-order valence-electron chi connectivity index (χ4n) is 2.79. The molecule has 1 unspecified atom stereocenters. The van der Waals surface area contributed by atoms with Crippen molar-refractivity contribution >= 4 is 22.4 Å². The summed E-state index contributed by atoms with van der Waals surface area (Å²) in [5, 5.41) is 13.7. The number of carbonyl (C=O) groups excluding carboxylic acids is 1. The number of carbonyl (C=O) groups is 1. The van der Waals surface area contributed by atoms with E-state index in [-0.39, 0.29) is 11.9 Å². The van der Waals surface area contributed by atoms with E-state index in [2.05, 4.69) is 25.5 Å². The van der Waals surface area contributed by atoms with Gasteiger partial charge in [-0.15, -0.1) is 11.3 Å². The van der Waals surface area contributed by atoms with Gasteiger partial charge < -0.3 is 5.32 Å². The molecule has 1 aliphatic rings. The number of anilines is 1. The van der Waals surface area contributed by atoms with Gasteiger partial charge in [0.25, 0.3) is 5.91 Å². The van der Waals surface area contributed by atoms with Crippen molar-refractivity contribution in [1.29, 1.82) is 0 Å². The molecule has 1 aliphatic heterocycles. The number of nitrogens with zero attached hydrogens (tertiary/aromatic N) is 6. The van der Waals surface area contributed by atoms with E-state index in [1.54, 1.807) is 15.6 Å². The van der Waals surface area contributed by atoms with Gasteiger partial charge in [0.15, 0.2) is 5.13 Å². The van der Waals surface area contributed by atoms with Crippen LogP contribution in [0.15, 0.2) is 24.0 Å². The van der Waals surface area contributed by atoms with Crippen LogP contribution in [0.1, 0.15) is 24.7 Å². The van der Waals surface area contributed by atoms with Crippen LogP contribution in [0.3, 0.4) is 0 Å². The van der Waals surface area contributed by atoms with E-state index in [0.29, 0.717) is 5.13 Å². The third-order valence-corrected chi connectivity index (χ3v) is 4.70. The summed E-state index contributed by atoms with van der Waals surface area (Å²) in [6.45, 7) is 0. The first-order valence-corrected chi connectivity index (χ1v) is 8.23. The molecule has 118 valence electrons. The maximum absolute atomic E-state index is 12.5. The largest absolute Gasteiger partial charge is 0.300 e. The molecule has 0 fully saturated rings. The molecule has 23 heavy (non-hydrogen) atoms. The zero-order chi connectivity index (χ0) is 15.8. The van der Waals surface area contributed by atoms with Crippen molar-refractivity contribution in [3.63, 3.8) is 0 Å². The van der Waals surface area contributed by atoms with Crippen LogP contribution in [-0.4, -0.2) is 35.4 Å². The van der Waals surface area contributed by atoms with E-state index >= 15 is 0 Å². The minimum atomic E-state index is -0.315. The normalized spacial score (nSPS) is 17.0. The molecule has 0 spiro atoms. The van der Waals surface area contributed by atoms with Crippen molar-refractivity contribution in [2.75, 3.05) is 5.32 Å². The van der Waals surface area contributed by atoms with Gasteiger partial charge in [0.1, 0.15) is 23.9 Å². The zero-order valence-electron chi connectivity index (χ0n) is 12.5. The third-order valence-electron chi connectivity index (χ3n) is 3.94. The maximum atomic E-state index is 12.5. The molecule has 3 aromatic heterocycles. The van der Waals surface area contributed by atoms with E-state index in [1.807, 2.05) is 18.5 Å². The number of rotatable bonds is 3. The lowest BCUT2D eigenvalue weighted by Crippen LogP contribution is -2.30. The van der Waals surface area contributed by atoms with Crippen LogP contribution in [-0.2, 0) is 18.3 Å². The van der Waals surface area contributed by atoms with Gasteiger partial charge in [-0.05, 0) is 18.9 Å². The number of aromatic nitrogens is 6. The molecule has 0 aromatic carbocycles. The molecule has 4 rings (SSSR count). The molecule has 1 N–H and O–H groups in total. The van der Waals surface area contributed by atoms with Crippen LogP contribution in [0.5, 0.6) is 0 Å². The lowest BCUT2D eigenvalue weighted by molar-refractivity contribution is -0.120. The van der Waals surface area contributed by atoms with Crippen LogP contribution in [0.4, 0.5) is 5.13 Å². The van der Waals surface area contributed by atoms with Crippen molar-refractivity contribution in [1.82, 2.24) is 29.5 Å². The smallest absolute Gasteiger partial charge is 0.251 e. The molecule has 0 aliphatic carbocycles. The van der Waals surface area contributed by atoms with Crippen LogP contribution < -0.4 is 5.32 Å². The lowest BCUT2D eigenvalue weighted by atomic mass is 10.0. The standard InChI is InChI=1S/C14H15N7OS/c1-20-10(5-6-16-20)9-7-23-14(18-9)19-13(22)11-3-2-4-12-15-8-17-21(11)12/h5-8,11H,2-4H2,1H3,(H,18,19,22). The average molecular weight is 329 g/mol. The van der Waals surface area contributed by atoms with Crippen molar-refractivity contribution in [2.45, 2.75) is 25.3 Å². The lowest BCUT2D eigenvalue weighted by Gasteiger charge is -2.21. The SMILES string of the molecule is Cn1nccc1-c1csc(NC(=O)C2CCCc3ncnn32)n1. The Morgan fingerprint density at radius 1 is 1.43 bits per heavy atom. The molecule has 0 saturated carbocycles. The molecule has 9 heteroatoms. The number of amides is 1. The summed E-state index contributed by atoms with van der Waals surface area (Å²) in [5.41, 5.74) is 1.72. The average Bonchev–Trinajstić information content (AvgIpc) is 3.26. The van der Waals surface area contributed by atoms with Crippen molar-refractivity contribution < 1.29 is 4.79 Å². The van der Waals surface area contributed by atoms with Crippen molar-refractivity contribution in [2.24, 2.45) is 7.05 Å². The fraction of sp³-hybridized carbons (Fsp3) is 0.357. The number of nitrogens with one attached hydrogen (secondary N) is 1. The molecule has 1 amide bonds. The van der Waals surface area contributed by atoms with E-state index in [1.165, 1.54) is 17.7 Å². The first kappa shape index (κ1) is 14.1. The summed E-state index contributed by atoms with van der Waals surface area (Å²) in [7, 11) is 1.86. The summed E-state index contributed by atoms with van der Waals surface area (Å²) in [4.78, 5) is 21.2. The number of hydrogen-bond donors (Lipinski definition) is 1. The molecule has 0 radical (unpaired) electrons. The number of hydrogen-bond acceptors (Lipinski definition) is 6. The number of thiazole rings is 1. The minimum absolute atomic E-state index is 0.0950. The van der Waals surface area contributed by atoms with Gasteiger partial charge in [-0.2, -0.15) is 10.2 Å². The predicted molar refractivity (Wildman–Crippen MR) is 84.9 cm³/mol. The summed E-state index contributed by atoms with van der Waals surface area (Å²) in [6, 6.07) is 1.58. The molecule has 4 heterocycles. The number of aryl methyl sites for hydroxylation is 2. The highest BCUT2D eigenvalue weighted by Crippen LogP contribution is 2.27. The van der Waals surface area contributed by atoms with Crippen LogP contribution in [0.2, 0.25) is 0 Å². The van der Waals surface area contributed by atoms with Gasteiger partial charge in [-0.1, -0.05) is 0 Å². The second-order valence-electron chi connectivity index (χ2n) is 5.40. The van der Waals surface area contributed by atoms with Gasteiger partial charge in [-0.25, -0.2) is 14.6 Å². The summed E-state index contributed by atoms with van der Waals surface area (Å²) in [5.74, 6) is 0.772. The van der Waals surface area contributed by atoms with E-state index in [0.717, 1.165) is 36.5 Å². The summed E-state index contributed by atoms with van der Waals surface area (Å²) < 4.78 is 3.47. The minimum Gasteiger partial charge on any atom is -0.300 e. The van der Waals surface area contributed by atoms with Crippen LogP contribution in [0, 0.1) is 0 Å². The molecule has 8 nitrogen and oxygen atoms in total. The van der Waals surface area contributed by atoms with Crippen LogP contribution in [0.25, 0.3) is 11.4 Å². The van der Waals surface area contributed by atoms with Gasteiger partial charge in [0.05, 0.1) is 5.69 Å². The molecular formula is C14H15N7OS. The van der Waals surface area contributed by atoms with Crippen molar-refractivity contribution in [3.8, 4) is 11.4 Å². The highest BCUT2D eigenvalue weighted by Gasteiger charge is 2.28. The van der Waals surface area contributed by atoms with Gasteiger partial charge in [0.2, 0.25) is 0 Å². The first-order chi connectivity index (χ1) is 11.2. The Balaban J connectivity index is 1.52. The van der Waals surface area contributed by atoms with Crippen LogP contribution >= 0.6 is 11.3 Å². The second kappa shape index (κ2) is 5.58. The highest BCUT2D eigenvalue weighted by atomic mass is 32.1. The molecule has 3 aromatic rings. The Hall–Kier alpha value is -2.55. The summed E-state index contributed by atoms with van der Waals surface area (Å²) >= 11 is 1.40. The Morgan fingerprint density at radius 2 is 2.35 bits per heavy atom. The molecule has 0 bridgehead atoms. The fourth-order valence-corrected chi connectivity index (χ4v) is 3.50. The molecule has 1 atom stereocenters. The maximum Gasteiger partial charge on any atom is 0.251 e. The Morgan fingerprint density at radius 3 is 3.17 bits per heavy atom. The summed E-state index contributed by atoms with van der Waals surface area (Å²) in [6.07, 6.45) is 5.80. The quantitative estimate of drug-likeness (QED) is 0.789. The molecular weight excluding hydrogens is 314 g/mol. The van der Waals surface area contributed by atoms with Gasteiger partial charge >= 0.3 is 0 Å². The van der Waals surface area contributed by atoms with E-state index in [4.69, 9.17) is 0 Å². The predicted octanol–water partition coefficient (Wildman–Crippen LogP) is 1.65. The first-order valence-electron chi connectivity index (χ1n) is 7.35. The third kappa shape index (κ3) is 2.52. The Labute approximate surface area is 136 Å². The second-order valence-corrected chi connectivity index (χ2v) is 6.25. The monoisotopic (exact) mass is 329 g/mol. The van der Waals surface area contributed by atoms with Crippen molar-refractivity contribution in [3.05, 3.63) is 29.8 Å².